The van der Waals surface area contributed by atoms with Crippen LogP contribution in [0, 0.1) is 5.82 Å². The van der Waals surface area contributed by atoms with E-state index in [4.69, 9.17) is 0 Å². The van der Waals surface area contributed by atoms with E-state index in [1.165, 1.54) is 21.3 Å². The lowest BCUT2D eigenvalue weighted by Crippen LogP contribution is -2.40. The molecule has 0 aliphatic heterocycles. The number of aromatic nitrogens is 2. The highest BCUT2D eigenvalue weighted by Crippen LogP contribution is 2.03. The fourth-order valence-electron chi connectivity index (χ4n) is 1.87. The van der Waals surface area contributed by atoms with Gasteiger partial charge in [0.25, 0.3) is 0 Å². The molecule has 4 nitrogen and oxygen atoms in total. The maximum Gasteiger partial charge on any atom is 0.316 e. The molecule has 0 amide bonds. The number of hydrogen-bond donors (Lipinski definition) is 0. The molecule has 0 bridgehead atoms. The summed E-state index contributed by atoms with van der Waals surface area (Å²) >= 11 is 0. The van der Waals surface area contributed by atoms with Crippen LogP contribution in [0.25, 0.3) is 0 Å². The van der Waals surface area contributed by atoms with Gasteiger partial charge in [-0.15, -0.1) is 0 Å². The zero-order valence-corrected chi connectivity index (χ0v) is 10.7. The minimum absolute atomic E-state index is 0.265. The lowest BCUT2D eigenvalue weighted by atomic mass is 10.2. The van der Waals surface area contributed by atoms with Crippen LogP contribution in [0.4, 0.5) is 4.39 Å². The fourth-order valence-corrected chi connectivity index (χ4v) is 1.87. The molecular formula is C14H15FN2O2. The van der Waals surface area contributed by atoms with Gasteiger partial charge in [-0.3, -0.25) is 9.59 Å². The Kier molecular flexibility index (Phi) is 3.94. The van der Waals surface area contributed by atoms with Crippen molar-refractivity contribution in [1.29, 1.82) is 0 Å². The molecule has 1 aromatic carbocycles. The first-order valence-electron chi connectivity index (χ1n) is 6.16. The third kappa shape index (κ3) is 2.99. The van der Waals surface area contributed by atoms with Crippen LogP contribution in [-0.2, 0) is 13.1 Å². The molecule has 0 aliphatic rings. The summed E-state index contributed by atoms with van der Waals surface area (Å²) in [5.74, 6) is -0.325. The molecule has 5 heteroatoms. The standard InChI is InChI=1S/C14H15FN2O2/c1-2-7-16-8-9-17(14(19)13(16)18)10-11-3-5-12(15)6-4-11/h3-6,8-9H,2,7,10H2,1H3. The van der Waals surface area contributed by atoms with E-state index in [9.17, 15) is 14.0 Å². The van der Waals surface area contributed by atoms with Crippen LogP contribution in [0.1, 0.15) is 18.9 Å². The quantitative estimate of drug-likeness (QED) is 0.786. The van der Waals surface area contributed by atoms with Gasteiger partial charge in [-0.05, 0) is 24.1 Å². The average Bonchev–Trinajstić information content (AvgIpc) is 2.41. The van der Waals surface area contributed by atoms with Crippen molar-refractivity contribution in [2.75, 3.05) is 0 Å². The first kappa shape index (κ1) is 13.3. The Bertz CT molecular complexity index is 671. The van der Waals surface area contributed by atoms with Crippen LogP contribution in [0.3, 0.4) is 0 Å². The van der Waals surface area contributed by atoms with Gasteiger partial charge < -0.3 is 9.13 Å². The van der Waals surface area contributed by atoms with Crippen molar-refractivity contribution in [3.63, 3.8) is 0 Å². The van der Waals surface area contributed by atoms with Gasteiger partial charge in [-0.2, -0.15) is 0 Å². The van der Waals surface area contributed by atoms with Gasteiger partial charge in [0.2, 0.25) is 0 Å². The molecule has 0 aliphatic carbocycles. The van der Waals surface area contributed by atoms with Crippen LogP contribution in [0.15, 0.2) is 46.2 Å². The molecular weight excluding hydrogens is 247 g/mol. The Morgan fingerprint density at radius 3 is 2.21 bits per heavy atom. The fraction of sp³-hybridized carbons (Fsp3) is 0.286. The second-order valence-electron chi connectivity index (χ2n) is 4.36. The highest BCUT2D eigenvalue weighted by molar-refractivity contribution is 5.16. The van der Waals surface area contributed by atoms with Gasteiger partial charge in [-0.1, -0.05) is 19.1 Å². The first-order chi connectivity index (χ1) is 9.11. The topological polar surface area (TPSA) is 44.0 Å². The van der Waals surface area contributed by atoms with Crippen molar-refractivity contribution < 1.29 is 4.39 Å². The predicted octanol–water partition coefficient (Wildman–Crippen LogP) is 1.61. The molecule has 100 valence electrons. The molecule has 19 heavy (non-hydrogen) atoms. The number of benzene rings is 1. The number of halogens is 1. The van der Waals surface area contributed by atoms with Crippen molar-refractivity contribution >= 4 is 0 Å². The van der Waals surface area contributed by atoms with Gasteiger partial charge in [0.1, 0.15) is 5.82 Å². The minimum atomic E-state index is -0.555. The average molecular weight is 262 g/mol. The van der Waals surface area contributed by atoms with Gasteiger partial charge in [0.15, 0.2) is 0 Å². The molecule has 0 atom stereocenters. The summed E-state index contributed by atoms with van der Waals surface area (Å²) in [6, 6.07) is 5.86. The van der Waals surface area contributed by atoms with Crippen LogP contribution in [-0.4, -0.2) is 9.13 Å². The van der Waals surface area contributed by atoms with Crippen LogP contribution >= 0.6 is 0 Å². The highest BCUT2D eigenvalue weighted by atomic mass is 19.1. The van der Waals surface area contributed by atoms with E-state index in [1.807, 2.05) is 6.92 Å². The number of aryl methyl sites for hydroxylation is 1. The Morgan fingerprint density at radius 2 is 1.58 bits per heavy atom. The second kappa shape index (κ2) is 5.65. The molecule has 2 aromatic rings. The van der Waals surface area contributed by atoms with Gasteiger partial charge >= 0.3 is 11.1 Å². The molecule has 0 radical (unpaired) electrons. The maximum absolute atomic E-state index is 12.8. The normalized spacial score (nSPS) is 10.6. The van der Waals surface area contributed by atoms with Crippen molar-refractivity contribution in [2.24, 2.45) is 0 Å². The summed E-state index contributed by atoms with van der Waals surface area (Å²) in [7, 11) is 0. The summed E-state index contributed by atoms with van der Waals surface area (Å²) in [5.41, 5.74) is -0.303. The third-order valence-electron chi connectivity index (χ3n) is 2.86. The monoisotopic (exact) mass is 262 g/mol. The van der Waals surface area contributed by atoms with Crippen LogP contribution in [0.5, 0.6) is 0 Å². The molecule has 0 saturated carbocycles. The SMILES string of the molecule is CCCn1ccn(Cc2ccc(F)cc2)c(=O)c1=O. The Hall–Kier alpha value is -2.17. The molecule has 1 heterocycles. The number of nitrogens with zero attached hydrogens (tertiary/aromatic N) is 2. The molecule has 0 spiro atoms. The first-order valence-corrected chi connectivity index (χ1v) is 6.16. The smallest absolute Gasteiger partial charge is 0.309 e. The second-order valence-corrected chi connectivity index (χ2v) is 4.36. The third-order valence-corrected chi connectivity index (χ3v) is 2.86. The largest absolute Gasteiger partial charge is 0.316 e. The van der Waals surface area contributed by atoms with E-state index in [0.29, 0.717) is 6.54 Å². The molecule has 2 rings (SSSR count). The van der Waals surface area contributed by atoms with Gasteiger partial charge in [0.05, 0.1) is 6.54 Å². The van der Waals surface area contributed by atoms with Crippen LogP contribution in [0.2, 0.25) is 0 Å². The van der Waals surface area contributed by atoms with E-state index in [-0.39, 0.29) is 12.4 Å². The molecule has 0 N–H and O–H groups in total. The summed E-state index contributed by atoms with van der Waals surface area (Å²) in [6.07, 6.45) is 3.99. The Morgan fingerprint density at radius 1 is 1.00 bits per heavy atom. The van der Waals surface area contributed by atoms with Crippen molar-refractivity contribution in [3.05, 3.63) is 68.7 Å². The van der Waals surface area contributed by atoms with E-state index >= 15 is 0 Å². The van der Waals surface area contributed by atoms with E-state index in [2.05, 4.69) is 0 Å². The summed E-state index contributed by atoms with van der Waals surface area (Å²) in [6.45, 7) is 2.74. The van der Waals surface area contributed by atoms with E-state index in [1.54, 1.807) is 24.5 Å². The zero-order chi connectivity index (χ0) is 13.8. The maximum atomic E-state index is 12.8. The number of hydrogen-bond acceptors (Lipinski definition) is 2. The van der Waals surface area contributed by atoms with Gasteiger partial charge in [0, 0.05) is 18.9 Å². The summed E-state index contributed by atoms with van der Waals surface area (Å²) in [4.78, 5) is 23.7. The Labute approximate surface area is 109 Å². The van der Waals surface area contributed by atoms with E-state index < -0.39 is 11.1 Å². The lowest BCUT2D eigenvalue weighted by Gasteiger charge is -2.08. The van der Waals surface area contributed by atoms with Crippen molar-refractivity contribution in [3.8, 4) is 0 Å². The van der Waals surface area contributed by atoms with Crippen molar-refractivity contribution in [2.45, 2.75) is 26.4 Å². The molecule has 1 aromatic heterocycles. The highest BCUT2D eigenvalue weighted by Gasteiger charge is 2.05. The van der Waals surface area contributed by atoms with Crippen molar-refractivity contribution in [1.82, 2.24) is 9.13 Å². The Balaban J connectivity index is 2.31. The summed E-state index contributed by atoms with van der Waals surface area (Å²) in [5, 5.41) is 0. The minimum Gasteiger partial charge on any atom is -0.309 e. The summed E-state index contributed by atoms with van der Waals surface area (Å²) < 4.78 is 15.5. The van der Waals surface area contributed by atoms with E-state index in [0.717, 1.165) is 12.0 Å². The molecule has 0 saturated heterocycles. The number of rotatable bonds is 4. The predicted molar refractivity (Wildman–Crippen MR) is 70.8 cm³/mol. The van der Waals surface area contributed by atoms with Crippen LogP contribution < -0.4 is 11.1 Å². The molecule has 0 unspecified atom stereocenters. The lowest BCUT2D eigenvalue weighted by molar-refractivity contribution is 0.610. The molecule has 0 fully saturated rings. The zero-order valence-electron chi connectivity index (χ0n) is 10.7. The van der Waals surface area contributed by atoms with Gasteiger partial charge in [-0.25, -0.2) is 4.39 Å².